The number of hydrogen-bond acceptors (Lipinski definition) is 3. The molecule has 0 bridgehead atoms. The summed E-state index contributed by atoms with van der Waals surface area (Å²) in [4.78, 5) is 28.2. The highest BCUT2D eigenvalue weighted by Gasteiger charge is 2.53. The molecule has 4 nitrogen and oxygen atoms in total. The summed E-state index contributed by atoms with van der Waals surface area (Å²) in [6.07, 6.45) is 0. The van der Waals surface area contributed by atoms with Crippen LogP contribution in [0.2, 0.25) is 5.02 Å². The minimum Gasteiger partial charge on any atom is -0.295 e. The third-order valence-corrected chi connectivity index (χ3v) is 5.73. The molecule has 122 valence electrons. The fraction of sp³-hybridized carbons (Fsp3) is 0.176. The van der Waals surface area contributed by atoms with Crippen LogP contribution in [0.4, 0.5) is 14.9 Å². The van der Waals surface area contributed by atoms with E-state index in [4.69, 9.17) is 11.6 Å². The number of nitrogens with zero attached hydrogens (tertiary/aromatic N) is 2. The molecular formula is C17H12ClFN2O2S. The summed E-state index contributed by atoms with van der Waals surface area (Å²) in [7, 11) is 0. The smallest absolute Gasteiger partial charge is 0.295 e. The van der Waals surface area contributed by atoms with Gasteiger partial charge in [-0.25, -0.2) is 14.1 Å². The van der Waals surface area contributed by atoms with Crippen molar-refractivity contribution in [3.05, 3.63) is 64.9 Å². The maximum absolute atomic E-state index is 13.1. The first-order chi connectivity index (χ1) is 11.6. The zero-order valence-electron chi connectivity index (χ0n) is 12.4. The molecule has 0 unspecified atom stereocenters. The molecule has 0 aliphatic carbocycles. The van der Waals surface area contributed by atoms with Gasteiger partial charge < -0.3 is 0 Å². The number of thioether (sulfide) groups is 1. The van der Waals surface area contributed by atoms with Gasteiger partial charge in [-0.05, 0) is 42.0 Å². The van der Waals surface area contributed by atoms with Crippen LogP contribution in [0, 0.1) is 5.82 Å². The zero-order chi connectivity index (χ0) is 16.8. The standard InChI is InChI=1S/C17H12ClFN2O2S/c18-11-3-1-10(2-4-11)16-21-14(9-24-16)15(22)20(17(21)23)13-7-5-12(19)6-8-13/h1-8,14,16H,9H2/t14-,16+/m1/s1. The van der Waals surface area contributed by atoms with Crippen LogP contribution in [-0.4, -0.2) is 28.6 Å². The van der Waals surface area contributed by atoms with E-state index >= 15 is 0 Å². The van der Waals surface area contributed by atoms with Crippen LogP contribution in [0.15, 0.2) is 48.5 Å². The first-order valence-electron chi connectivity index (χ1n) is 7.35. The molecule has 3 amide bonds. The number of carbonyl (C=O) groups excluding carboxylic acids is 2. The second-order valence-corrected chi connectivity index (χ2v) is 7.14. The minimum atomic E-state index is -0.492. The first-order valence-corrected chi connectivity index (χ1v) is 8.78. The lowest BCUT2D eigenvalue weighted by Crippen LogP contribution is -2.33. The van der Waals surface area contributed by atoms with Crippen LogP contribution in [0.1, 0.15) is 10.9 Å². The third-order valence-electron chi connectivity index (χ3n) is 4.16. The van der Waals surface area contributed by atoms with E-state index in [1.54, 1.807) is 28.8 Å². The summed E-state index contributed by atoms with van der Waals surface area (Å²) in [5.74, 6) is -0.140. The van der Waals surface area contributed by atoms with E-state index in [-0.39, 0.29) is 17.3 Å². The van der Waals surface area contributed by atoms with Gasteiger partial charge in [0.1, 0.15) is 17.2 Å². The van der Waals surface area contributed by atoms with Crippen molar-refractivity contribution in [3.63, 3.8) is 0 Å². The van der Waals surface area contributed by atoms with Gasteiger partial charge in [0.25, 0.3) is 5.91 Å². The summed E-state index contributed by atoms with van der Waals surface area (Å²) in [6.45, 7) is 0. The Balaban J connectivity index is 1.67. The third kappa shape index (κ3) is 2.37. The average Bonchev–Trinajstić information content (AvgIpc) is 3.11. The molecule has 4 rings (SSSR count). The molecule has 0 saturated carbocycles. The van der Waals surface area contributed by atoms with Crippen LogP contribution in [0.5, 0.6) is 0 Å². The second-order valence-electron chi connectivity index (χ2n) is 5.59. The summed E-state index contributed by atoms with van der Waals surface area (Å²) in [5.41, 5.74) is 1.31. The summed E-state index contributed by atoms with van der Waals surface area (Å²) >= 11 is 7.47. The van der Waals surface area contributed by atoms with Crippen molar-refractivity contribution in [1.82, 2.24) is 4.90 Å². The van der Waals surface area contributed by atoms with Crippen molar-refractivity contribution in [2.45, 2.75) is 11.4 Å². The van der Waals surface area contributed by atoms with Crippen LogP contribution >= 0.6 is 23.4 Å². The summed E-state index contributed by atoms with van der Waals surface area (Å²) in [6, 6.07) is 11.8. The van der Waals surface area contributed by atoms with Crippen LogP contribution < -0.4 is 4.90 Å². The number of benzene rings is 2. The van der Waals surface area contributed by atoms with Crippen molar-refractivity contribution in [2.75, 3.05) is 10.7 Å². The van der Waals surface area contributed by atoms with Crippen molar-refractivity contribution >= 4 is 41.0 Å². The number of hydrogen-bond donors (Lipinski definition) is 0. The van der Waals surface area contributed by atoms with E-state index in [0.29, 0.717) is 16.5 Å². The normalized spacial score (nSPS) is 23.1. The van der Waals surface area contributed by atoms with Crippen molar-refractivity contribution in [2.24, 2.45) is 0 Å². The van der Waals surface area contributed by atoms with E-state index in [9.17, 15) is 14.0 Å². The van der Waals surface area contributed by atoms with Crippen LogP contribution in [-0.2, 0) is 4.79 Å². The molecule has 0 aromatic heterocycles. The highest BCUT2D eigenvalue weighted by Crippen LogP contribution is 2.46. The molecule has 2 aromatic rings. The molecule has 0 spiro atoms. The van der Waals surface area contributed by atoms with Gasteiger partial charge in [-0.1, -0.05) is 23.7 Å². The van der Waals surface area contributed by atoms with Crippen molar-refractivity contribution < 1.29 is 14.0 Å². The number of fused-ring (bicyclic) bond motifs is 1. The molecule has 0 N–H and O–H groups in total. The monoisotopic (exact) mass is 362 g/mol. The average molecular weight is 363 g/mol. The number of rotatable bonds is 2. The van der Waals surface area contributed by atoms with Crippen LogP contribution in [0.25, 0.3) is 0 Å². The lowest BCUT2D eigenvalue weighted by atomic mass is 10.2. The quantitative estimate of drug-likeness (QED) is 0.756. The zero-order valence-corrected chi connectivity index (χ0v) is 13.9. The van der Waals surface area contributed by atoms with Crippen molar-refractivity contribution in [3.8, 4) is 0 Å². The lowest BCUT2D eigenvalue weighted by Gasteiger charge is -2.23. The summed E-state index contributed by atoms with van der Waals surface area (Å²) in [5, 5.41) is 0.393. The van der Waals surface area contributed by atoms with Crippen LogP contribution in [0.3, 0.4) is 0 Å². The van der Waals surface area contributed by atoms with Gasteiger partial charge in [-0.2, -0.15) is 0 Å². The maximum Gasteiger partial charge on any atom is 0.333 e. The fourth-order valence-corrected chi connectivity index (χ4v) is 4.54. The molecular weight excluding hydrogens is 351 g/mol. The van der Waals surface area contributed by atoms with Gasteiger partial charge in [-0.3, -0.25) is 9.69 Å². The van der Waals surface area contributed by atoms with Gasteiger partial charge in [0.2, 0.25) is 0 Å². The Kier molecular flexibility index (Phi) is 3.73. The molecule has 2 aliphatic rings. The maximum atomic E-state index is 13.1. The fourth-order valence-electron chi connectivity index (χ4n) is 3.00. The minimum absolute atomic E-state index is 0.228. The predicted octanol–water partition coefficient (Wildman–Crippen LogP) is 4.06. The predicted molar refractivity (Wildman–Crippen MR) is 91.6 cm³/mol. The molecule has 2 aromatic carbocycles. The Labute approximate surface area is 147 Å². The van der Waals surface area contributed by atoms with E-state index < -0.39 is 11.9 Å². The Morgan fingerprint density at radius 2 is 1.71 bits per heavy atom. The lowest BCUT2D eigenvalue weighted by molar-refractivity contribution is -0.119. The largest absolute Gasteiger partial charge is 0.333 e. The van der Waals surface area contributed by atoms with Gasteiger partial charge in [0, 0.05) is 10.8 Å². The number of carbonyl (C=O) groups is 2. The van der Waals surface area contributed by atoms with Crippen molar-refractivity contribution in [1.29, 1.82) is 0 Å². The molecule has 24 heavy (non-hydrogen) atoms. The molecule has 2 fully saturated rings. The Hall–Kier alpha value is -2.05. The highest BCUT2D eigenvalue weighted by atomic mass is 35.5. The number of imide groups is 1. The molecule has 7 heteroatoms. The second kappa shape index (κ2) is 5.79. The summed E-state index contributed by atoms with van der Waals surface area (Å²) < 4.78 is 13.1. The van der Waals surface area contributed by atoms with Gasteiger partial charge >= 0.3 is 6.03 Å². The Morgan fingerprint density at radius 3 is 2.38 bits per heavy atom. The molecule has 2 heterocycles. The molecule has 2 saturated heterocycles. The van der Waals surface area contributed by atoms with E-state index in [1.165, 1.54) is 24.3 Å². The Bertz CT molecular complexity index is 812. The molecule has 2 atom stereocenters. The number of anilines is 1. The Morgan fingerprint density at radius 1 is 1.04 bits per heavy atom. The van der Waals surface area contributed by atoms with Gasteiger partial charge in [-0.15, -0.1) is 11.8 Å². The topological polar surface area (TPSA) is 40.6 Å². The SMILES string of the molecule is O=C1[C@H]2CS[C@@H](c3ccc(Cl)cc3)N2C(=O)N1c1ccc(F)cc1. The first kappa shape index (κ1) is 15.5. The number of urea groups is 1. The van der Waals surface area contributed by atoms with E-state index in [1.807, 2.05) is 12.1 Å². The molecule has 2 aliphatic heterocycles. The molecule has 0 radical (unpaired) electrons. The number of halogens is 2. The number of amides is 3. The highest BCUT2D eigenvalue weighted by molar-refractivity contribution is 7.99. The van der Waals surface area contributed by atoms with E-state index in [0.717, 1.165) is 10.5 Å². The van der Waals surface area contributed by atoms with Gasteiger partial charge in [0.05, 0.1) is 5.69 Å². The van der Waals surface area contributed by atoms with Gasteiger partial charge in [0.15, 0.2) is 0 Å². The van der Waals surface area contributed by atoms with E-state index in [2.05, 4.69) is 0 Å².